The minimum Gasteiger partial charge on any atom is -0.382 e. The molecular weight excluding hydrogens is 176 g/mol. The van der Waals surface area contributed by atoms with E-state index in [-0.39, 0.29) is 0 Å². The minimum absolute atomic E-state index is 0.449. The molecule has 0 aliphatic carbocycles. The summed E-state index contributed by atoms with van der Waals surface area (Å²) in [4.78, 5) is 12.2. The Balaban J connectivity index is 2.70. The fourth-order valence-corrected chi connectivity index (χ4v) is 1.10. The number of hydrogen-bond acceptors (Lipinski definition) is 4. The van der Waals surface area contributed by atoms with Crippen molar-refractivity contribution >= 4 is 17.7 Å². The largest absolute Gasteiger partial charge is 0.382 e. The molecule has 0 unspecified atom stereocenters. The van der Waals surface area contributed by atoms with E-state index in [4.69, 9.17) is 5.73 Å². The molecule has 0 aliphatic rings. The van der Waals surface area contributed by atoms with Crippen molar-refractivity contribution in [1.82, 2.24) is 9.97 Å². The van der Waals surface area contributed by atoms with Gasteiger partial charge in [0.2, 0.25) is 0 Å². The molecule has 1 rings (SSSR count). The van der Waals surface area contributed by atoms with E-state index in [1.54, 1.807) is 0 Å². The molecular formula is C10H16N4. The van der Waals surface area contributed by atoms with Crippen molar-refractivity contribution in [2.75, 3.05) is 5.73 Å². The van der Waals surface area contributed by atoms with E-state index in [1.807, 2.05) is 13.1 Å². The Labute approximate surface area is 84.3 Å². The van der Waals surface area contributed by atoms with E-state index in [1.165, 1.54) is 12.7 Å². The molecule has 0 bridgehead atoms. The number of nitrogen functional groups attached to an aromatic ring is 1. The quantitative estimate of drug-likeness (QED) is 0.587. The van der Waals surface area contributed by atoms with Crippen LogP contribution in [0.4, 0.5) is 11.5 Å². The first-order valence-electron chi connectivity index (χ1n) is 4.85. The van der Waals surface area contributed by atoms with Crippen LogP contribution in [0.15, 0.2) is 11.3 Å². The molecule has 1 heterocycles. The molecule has 0 amide bonds. The van der Waals surface area contributed by atoms with Crippen LogP contribution in [0, 0.1) is 6.92 Å². The maximum atomic E-state index is 5.67. The van der Waals surface area contributed by atoms with Crippen molar-refractivity contribution in [3.05, 3.63) is 12.0 Å². The fraction of sp³-hybridized carbons (Fsp3) is 0.500. The van der Waals surface area contributed by atoms with Crippen LogP contribution < -0.4 is 5.73 Å². The summed E-state index contributed by atoms with van der Waals surface area (Å²) in [6.07, 6.45) is 6.63. The third-order valence-electron chi connectivity index (χ3n) is 1.94. The standard InChI is InChI=1S/C10H16N4/c1-3-4-5-6-12-9-8(2)13-7-14-10(9)11/h6-7H,3-5H2,1-2H3,(H2,11,13,14). The summed E-state index contributed by atoms with van der Waals surface area (Å²) < 4.78 is 0. The van der Waals surface area contributed by atoms with Crippen LogP contribution in [-0.4, -0.2) is 16.2 Å². The van der Waals surface area contributed by atoms with Crippen molar-refractivity contribution in [2.24, 2.45) is 4.99 Å². The second kappa shape index (κ2) is 5.32. The monoisotopic (exact) mass is 192 g/mol. The second-order valence-electron chi connectivity index (χ2n) is 3.15. The first-order chi connectivity index (χ1) is 6.75. The average Bonchev–Trinajstić information content (AvgIpc) is 2.16. The van der Waals surface area contributed by atoms with Crippen LogP contribution >= 0.6 is 0 Å². The SMILES string of the molecule is CCCCC=Nc1c(C)ncnc1N. The summed E-state index contributed by atoms with van der Waals surface area (Å²) in [5, 5.41) is 0. The number of nitrogens with zero attached hydrogens (tertiary/aromatic N) is 3. The van der Waals surface area contributed by atoms with Gasteiger partial charge in [-0.15, -0.1) is 0 Å². The van der Waals surface area contributed by atoms with Crippen molar-refractivity contribution in [3.8, 4) is 0 Å². The molecule has 4 heteroatoms. The number of unbranched alkanes of at least 4 members (excludes halogenated alkanes) is 2. The third-order valence-corrected chi connectivity index (χ3v) is 1.94. The molecule has 14 heavy (non-hydrogen) atoms. The van der Waals surface area contributed by atoms with Gasteiger partial charge in [0.1, 0.15) is 12.0 Å². The van der Waals surface area contributed by atoms with Crippen molar-refractivity contribution in [3.63, 3.8) is 0 Å². The van der Waals surface area contributed by atoms with Crippen LogP contribution in [0.1, 0.15) is 31.9 Å². The van der Waals surface area contributed by atoms with Gasteiger partial charge in [0, 0.05) is 6.21 Å². The van der Waals surface area contributed by atoms with Crippen molar-refractivity contribution in [1.29, 1.82) is 0 Å². The summed E-state index contributed by atoms with van der Waals surface area (Å²) in [6.45, 7) is 4.03. The number of anilines is 1. The van der Waals surface area contributed by atoms with E-state index in [0.29, 0.717) is 11.5 Å². The Morgan fingerprint density at radius 2 is 2.29 bits per heavy atom. The smallest absolute Gasteiger partial charge is 0.153 e. The summed E-state index contributed by atoms with van der Waals surface area (Å²) in [7, 11) is 0. The van der Waals surface area contributed by atoms with Gasteiger partial charge in [-0.25, -0.2) is 9.97 Å². The number of hydrogen-bond donors (Lipinski definition) is 1. The summed E-state index contributed by atoms with van der Waals surface area (Å²) in [5.41, 5.74) is 7.19. The third kappa shape index (κ3) is 2.80. The Kier molecular flexibility index (Phi) is 4.04. The van der Waals surface area contributed by atoms with Crippen LogP contribution in [-0.2, 0) is 0 Å². The molecule has 1 aromatic rings. The fourth-order valence-electron chi connectivity index (χ4n) is 1.10. The van der Waals surface area contributed by atoms with E-state index in [2.05, 4.69) is 21.9 Å². The Morgan fingerprint density at radius 3 is 2.93 bits per heavy atom. The molecule has 76 valence electrons. The molecule has 4 nitrogen and oxygen atoms in total. The Hall–Kier alpha value is -1.45. The van der Waals surface area contributed by atoms with Crippen LogP contribution in [0.2, 0.25) is 0 Å². The average molecular weight is 192 g/mol. The highest BCUT2D eigenvalue weighted by molar-refractivity contribution is 5.69. The van der Waals surface area contributed by atoms with Gasteiger partial charge in [0.15, 0.2) is 5.82 Å². The highest BCUT2D eigenvalue weighted by atomic mass is 15.0. The maximum Gasteiger partial charge on any atom is 0.153 e. The second-order valence-corrected chi connectivity index (χ2v) is 3.15. The number of aryl methyl sites for hydroxylation is 1. The predicted octanol–water partition coefficient (Wildman–Crippen LogP) is 2.26. The number of nitrogens with two attached hydrogens (primary N) is 1. The lowest BCUT2D eigenvalue weighted by Gasteiger charge is -2.00. The summed E-state index contributed by atoms with van der Waals surface area (Å²) in [6, 6.07) is 0. The van der Waals surface area contributed by atoms with Gasteiger partial charge >= 0.3 is 0 Å². The first kappa shape index (κ1) is 10.6. The zero-order chi connectivity index (χ0) is 10.4. The van der Waals surface area contributed by atoms with Crippen molar-refractivity contribution in [2.45, 2.75) is 33.1 Å². The predicted molar refractivity (Wildman–Crippen MR) is 58.9 cm³/mol. The Morgan fingerprint density at radius 1 is 1.50 bits per heavy atom. The normalized spacial score (nSPS) is 11.0. The van der Waals surface area contributed by atoms with Gasteiger partial charge in [0.05, 0.1) is 5.69 Å². The van der Waals surface area contributed by atoms with Gasteiger partial charge in [-0.1, -0.05) is 13.3 Å². The van der Waals surface area contributed by atoms with E-state index in [9.17, 15) is 0 Å². The number of aliphatic imine (C=N–C) groups is 1. The lowest BCUT2D eigenvalue weighted by atomic mass is 10.3. The number of rotatable bonds is 4. The zero-order valence-corrected chi connectivity index (χ0v) is 8.70. The molecule has 0 aromatic carbocycles. The maximum absolute atomic E-state index is 5.67. The first-order valence-corrected chi connectivity index (χ1v) is 4.85. The van der Waals surface area contributed by atoms with Gasteiger partial charge in [-0.2, -0.15) is 0 Å². The van der Waals surface area contributed by atoms with E-state index >= 15 is 0 Å². The molecule has 0 spiro atoms. The molecule has 0 atom stereocenters. The van der Waals surface area contributed by atoms with Gasteiger partial charge < -0.3 is 5.73 Å². The molecule has 0 radical (unpaired) electrons. The molecule has 1 aromatic heterocycles. The van der Waals surface area contributed by atoms with Crippen LogP contribution in [0.5, 0.6) is 0 Å². The summed E-state index contributed by atoms with van der Waals surface area (Å²) in [5.74, 6) is 0.449. The number of aromatic nitrogens is 2. The highest BCUT2D eigenvalue weighted by Crippen LogP contribution is 2.21. The van der Waals surface area contributed by atoms with Gasteiger partial charge in [-0.3, -0.25) is 4.99 Å². The van der Waals surface area contributed by atoms with Crippen molar-refractivity contribution < 1.29 is 0 Å². The van der Waals surface area contributed by atoms with Crippen LogP contribution in [0.25, 0.3) is 0 Å². The molecule has 0 saturated heterocycles. The lowest BCUT2D eigenvalue weighted by molar-refractivity contribution is 0.842. The zero-order valence-electron chi connectivity index (χ0n) is 8.70. The molecule has 0 aliphatic heterocycles. The van der Waals surface area contributed by atoms with Gasteiger partial charge in [0.25, 0.3) is 0 Å². The minimum atomic E-state index is 0.449. The molecule has 2 N–H and O–H groups in total. The summed E-state index contributed by atoms with van der Waals surface area (Å²) >= 11 is 0. The van der Waals surface area contributed by atoms with Crippen LogP contribution in [0.3, 0.4) is 0 Å². The topological polar surface area (TPSA) is 64.2 Å². The van der Waals surface area contributed by atoms with E-state index in [0.717, 1.165) is 18.5 Å². The van der Waals surface area contributed by atoms with Gasteiger partial charge in [-0.05, 0) is 19.8 Å². The Bertz CT molecular complexity index is 300. The highest BCUT2D eigenvalue weighted by Gasteiger charge is 2.01. The lowest BCUT2D eigenvalue weighted by Crippen LogP contribution is -1.94. The van der Waals surface area contributed by atoms with E-state index < -0.39 is 0 Å². The molecule has 0 fully saturated rings. The molecule has 0 saturated carbocycles.